The molecule has 222 valence electrons. The van der Waals surface area contributed by atoms with Gasteiger partial charge >= 0.3 is 5.97 Å². The Morgan fingerprint density at radius 2 is 1.57 bits per heavy atom. The van der Waals surface area contributed by atoms with E-state index in [2.05, 4.69) is 0 Å². The number of benzene rings is 2. The van der Waals surface area contributed by atoms with E-state index in [1.54, 1.807) is 18.2 Å². The van der Waals surface area contributed by atoms with Crippen LogP contribution in [0.3, 0.4) is 0 Å². The lowest BCUT2D eigenvalue weighted by Crippen LogP contribution is -2.45. The van der Waals surface area contributed by atoms with Crippen molar-refractivity contribution in [2.45, 2.75) is 72.3 Å². The third-order valence-electron chi connectivity index (χ3n) is 8.19. The second kappa shape index (κ2) is 11.2. The Morgan fingerprint density at radius 1 is 0.976 bits per heavy atom. The molecule has 0 saturated heterocycles. The Balaban J connectivity index is 1.74. The molecular weight excluding hydrogens is 580 g/mol. The summed E-state index contributed by atoms with van der Waals surface area (Å²) in [5, 5.41) is 10.1. The summed E-state index contributed by atoms with van der Waals surface area (Å²) in [7, 11) is 0. The summed E-state index contributed by atoms with van der Waals surface area (Å²) < 4.78 is 20.1. The van der Waals surface area contributed by atoms with Gasteiger partial charge in [0.25, 0.3) is 0 Å². The first-order valence-electron chi connectivity index (χ1n) is 14.0. The molecule has 3 aliphatic rings. The van der Waals surface area contributed by atoms with E-state index in [1.807, 2.05) is 32.6 Å². The second-order valence-corrected chi connectivity index (χ2v) is 13.9. The first-order valence-corrected chi connectivity index (χ1v) is 14.8. The quantitative estimate of drug-likeness (QED) is 0.342. The number of rotatable bonds is 7. The first kappa shape index (κ1) is 30.3. The number of nitrogens with zero attached hydrogens (tertiary/aromatic N) is 1. The van der Waals surface area contributed by atoms with Gasteiger partial charge in [0.2, 0.25) is 0 Å². The predicted molar refractivity (Wildman–Crippen MR) is 159 cm³/mol. The molecule has 0 bridgehead atoms. The van der Waals surface area contributed by atoms with Crippen LogP contribution >= 0.6 is 23.2 Å². The van der Waals surface area contributed by atoms with Crippen molar-refractivity contribution in [2.75, 3.05) is 6.54 Å². The van der Waals surface area contributed by atoms with Crippen LogP contribution in [-0.4, -0.2) is 34.1 Å². The number of carbonyl (C=O) groups is 3. The van der Waals surface area contributed by atoms with Crippen LogP contribution in [0.25, 0.3) is 0 Å². The van der Waals surface area contributed by atoms with E-state index in [0.29, 0.717) is 40.1 Å². The Morgan fingerprint density at radius 3 is 2.12 bits per heavy atom. The van der Waals surface area contributed by atoms with E-state index in [0.717, 1.165) is 11.4 Å². The summed E-state index contributed by atoms with van der Waals surface area (Å²) in [4.78, 5) is 41.7. The molecule has 6 nitrogen and oxygen atoms in total. The molecule has 5 rings (SSSR count). The molecule has 0 radical (unpaired) electrons. The SMILES string of the molecule is CC1(C)CC(=O)C2=C(C1)N(CCC(=O)O)C1=C(C(=O)CC(C)(C)C1)C2c1cc(Cl)cc(Cl)c1OCc1cccc(F)c1. The fourth-order valence-corrected chi connectivity index (χ4v) is 7.13. The number of hydrogen-bond acceptors (Lipinski definition) is 5. The Bertz CT molecular complexity index is 1500. The maximum Gasteiger partial charge on any atom is 0.305 e. The van der Waals surface area contributed by atoms with Gasteiger partial charge in [-0.2, -0.15) is 0 Å². The average Bonchev–Trinajstić information content (AvgIpc) is 2.84. The monoisotopic (exact) mass is 613 g/mol. The molecule has 42 heavy (non-hydrogen) atoms. The number of allylic oxidation sites excluding steroid dienone is 4. The van der Waals surface area contributed by atoms with Crippen LogP contribution in [0.15, 0.2) is 58.9 Å². The standard InChI is InChI=1S/C33H34Cl2FNO5/c1-32(2)13-23-29(25(38)15-32)28(30-24(37(23)9-8-27(40)41)14-33(3,4)16-26(30)39)21-11-19(34)12-22(35)31(21)42-17-18-6-5-7-20(36)10-18/h5-7,10-12,28H,8-9,13-17H2,1-4H3,(H,40,41). The van der Waals surface area contributed by atoms with Crippen molar-refractivity contribution in [1.82, 2.24) is 4.90 Å². The number of hydrogen-bond donors (Lipinski definition) is 1. The lowest BCUT2D eigenvalue weighted by Gasteiger charge is -2.49. The molecule has 2 aliphatic carbocycles. The number of aliphatic carboxylic acids is 1. The Hall–Kier alpha value is -3.16. The maximum absolute atomic E-state index is 14.0. The first-order chi connectivity index (χ1) is 19.7. The van der Waals surface area contributed by atoms with Crippen LogP contribution in [0.5, 0.6) is 5.75 Å². The zero-order valence-corrected chi connectivity index (χ0v) is 25.7. The molecule has 0 amide bonds. The van der Waals surface area contributed by atoms with Crippen molar-refractivity contribution in [3.05, 3.63) is 85.9 Å². The highest BCUT2D eigenvalue weighted by Gasteiger charge is 2.49. The van der Waals surface area contributed by atoms with Crippen molar-refractivity contribution in [3.8, 4) is 5.75 Å². The minimum absolute atomic E-state index is 0.00331. The predicted octanol–water partition coefficient (Wildman–Crippen LogP) is 7.87. The highest BCUT2D eigenvalue weighted by Crippen LogP contribution is 2.56. The summed E-state index contributed by atoms with van der Waals surface area (Å²) in [6.45, 7) is 8.21. The van der Waals surface area contributed by atoms with Crippen LogP contribution in [0, 0.1) is 16.6 Å². The van der Waals surface area contributed by atoms with Crippen molar-refractivity contribution >= 4 is 40.7 Å². The average molecular weight is 615 g/mol. The normalized spacial score (nSPS) is 20.0. The van der Waals surface area contributed by atoms with Crippen molar-refractivity contribution < 1.29 is 28.6 Å². The topological polar surface area (TPSA) is 83.9 Å². The van der Waals surface area contributed by atoms with Crippen LogP contribution in [-0.2, 0) is 21.0 Å². The van der Waals surface area contributed by atoms with Crippen molar-refractivity contribution in [3.63, 3.8) is 0 Å². The third kappa shape index (κ3) is 6.00. The van der Waals surface area contributed by atoms with E-state index in [4.69, 9.17) is 27.9 Å². The Labute approximate surface area is 255 Å². The van der Waals surface area contributed by atoms with Gasteiger partial charge in [0, 0.05) is 58.4 Å². The number of Topliss-reactive ketones (excluding diaryl/α,β-unsaturated/α-hetero) is 2. The van der Waals surface area contributed by atoms with Gasteiger partial charge in [0.15, 0.2) is 11.6 Å². The van der Waals surface area contributed by atoms with Crippen molar-refractivity contribution in [1.29, 1.82) is 0 Å². The van der Waals surface area contributed by atoms with E-state index in [9.17, 15) is 23.9 Å². The molecule has 1 aliphatic heterocycles. The zero-order valence-electron chi connectivity index (χ0n) is 24.2. The molecule has 2 aromatic rings. The largest absolute Gasteiger partial charge is 0.487 e. The summed E-state index contributed by atoms with van der Waals surface area (Å²) >= 11 is 13.3. The summed E-state index contributed by atoms with van der Waals surface area (Å²) in [6, 6.07) is 9.25. The van der Waals surface area contributed by atoms with Gasteiger partial charge in [-0.15, -0.1) is 0 Å². The molecule has 1 N–H and O–H groups in total. The minimum atomic E-state index is -0.959. The van der Waals surface area contributed by atoms with Crippen LogP contribution in [0.2, 0.25) is 10.0 Å². The minimum Gasteiger partial charge on any atom is -0.487 e. The van der Waals surface area contributed by atoms with Crippen LogP contribution < -0.4 is 4.74 Å². The molecular formula is C33H34Cl2FNO5. The van der Waals surface area contributed by atoms with Crippen LogP contribution in [0.4, 0.5) is 4.39 Å². The second-order valence-electron chi connectivity index (χ2n) is 13.1. The summed E-state index contributed by atoms with van der Waals surface area (Å²) in [5.74, 6) is -2.10. The summed E-state index contributed by atoms with van der Waals surface area (Å²) in [5.41, 5.74) is 2.73. The van der Waals surface area contributed by atoms with Gasteiger partial charge in [0.05, 0.1) is 11.4 Å². The number of carbonyl (C=O) groups excluding carboxylic acids is 2. The highest BCUT2D eigenvalue weighted by atomic mass is 35.5. The van der Waals surface area contributed by atoms with E-state index >= 15 is 0 Å². The number of ether oxygens (including phenoxy) is 1. The van der Waals surface area contributed by atoms with Gasteiger partial charge in [-0.1, -0.05) is 63.0 Å². The molecule has 2 aromatic carbocycles. The molecule has 9 heteroatoms. The van der Waals surface area contributed by atoms with E-state index in [-0.39, 0.29) is 65.6 Å². The molecule has 0 atom stereocenters. The molecule has 0 saturated carbocycles. The highest BCUT2D eigenvalue weighted by molar-refractivity contribution is 6.35. The molecule has 1 heterocycles. The van der Waals surface area contributed by atoms with E-state index in [1.165, 1.54) is 18.2 Å². The third-order valence-corrected chi connectivity index (χ3v) is 8.69. The summed E-state index contributed by atoms with van der Waals surface area (Å²) in [6.07, 6.45) is 1.45. The number of halogens is 3. The van der Waals surface area contributed by atoms with Gasteiger partial charge in [-0.05, 0) is 53.5 Å². The lowest BCUT2D eigenvalue weighted by molar-refractivity contribution is -0.137. The van der Waals surface area contributed by atoms with Gasteiger partial charge in [0.1, 0.15) is 18.2 Å². The zero-order chi connectivity index (χ0) is 30.6. The smallest absolute Gasteiger partial charge is 0.305 e. The van der Waals surface area contributed by atoms with Crippen molar-refractivity contribution in [2.24, 2.45) is 10.8 Å². The van der Waals surface area contributed by atoms with Gasteiger partial charge in [-0.25, -0.2) is 4.39 Å². The fraction of sp³-hybridized carbons (Fsp3) is 0.424. The fourth-order valence-electron chi connectivity index (χ4n) is 6.57. The van der Waals surface area contributed by atoms with Crippen LogP contribution in [0.1, 0.15) is 76.8 Å². The maximum atomic E-state index is 14.0. The molecule has 0 spiro atoms. The molecule has 0 unspecified atom stereocenters. The van der Waals surface area contributed by atoms with Gasteiger partial charge in [-0.3, -0.25) is 14.4 Å². The lowest BCUT2D eigenvalue weighted by atomic mass is 9.63. The number of carboxylic acid groups (broad SMARTS) is 1. The number of carboxylic acids is 1. The van der Waals surface area contributed by atoms with E-state index < -0.39 is 17.7 Å². The van der Waals surface area contributed by atoms with Gasteiger partial charge < -0.3 is 14.7 Å². The Kier molecular flexibility index (Phi) is 8.05. The number of ketones is 2. The molecule has 0 aromatic heterocycles. The molecule has 0 fully saturated rings.